The molecule has 0 amide bonds. The second kappa shape index (κ2) is 9.70. The molecular weight excluding hydrogens is 248 g/mol. The van der Waals surface area contributed by atoms with Crippen molar-refractivity contribution in [3.8, 4) is 0 Å². The molecule has 0 bridgehead atoms. The molecule has 0 saturated heterocycles. The second-order valence-electron chi connectivity index (χ2n) is 5.37. The summed E-state index contributed by atoms with van der Waals surface area (Å²) in [6, 6.07) is 9.08. The molecule has 1 aromatic rings. The van der Waals surface area contributed by atoms with Gasteiger partial charge in [-0.3, -0.25) is 4.90 Å². The first-order valence-electron chi connectivity index (χ1n) is 7.41. The molecule has 0 spiro atoms. The van der Waals surface area contributed by atoms with Crippen molar-refractivity contribution < 1.29 is 5.11 Å². The van der Waals surface area contributed by atoms with Gasteiger partial charge >= 0.3 is 0 Å². The first kappa shape index (κ1) is 16.9. The Balaban J connectivity index is 2.65. The molecule has 0 unspecified atom stereocenters. The number of aliphatic hydroxyl groups excluding tert-OH is 1. The summed E-state index contributed by atoms with van der Waals surface area (Å²) in [5.41, 5.74) is 2.72. The molecular formula is C17H28N2O. The minimum absolute atomic E-state index is 0.185. The number of hydrogen-bond donors (Lipinski definition) is 2. The Labute approximate surface area is 123 Å². The van der Waals surface area contributed by atoms with Gasteiger partial charge in [-0.05, 0) is 24.1 Å². The van der Waals surface area contributed by atoms with Crippen LogP contribution in [0.15, 0.2) is 36.9 Å². The Hall–Kier alpha value is -1.16. The summed E-state index contributed by atoms with van der Waals surface area (Å²) < 4.78 is 0. The Morgan fingerprint density at radius 1 is 1.30 bits per heavy atom. The van der Waals surface area contributed by atoms with Crippen molar-refractivity contribution in [3.63, 3.8) is 0 Å². The number of rotatable bonds is 10. The van der Waals surface area contributed by atoms with Crippen LogP contribution in [-0.4, -0.2) is 42.3 Å². The van der Waals surface area contributed by atoms with Gasteiger partial charge in [-0.2, -0.15) is 0 Å². The molecule has 0 aliphatic rings. The van der Waals surface area contributed by atoms with E-state index in [0.717, 1.165) is 26.1 Å². The van der Waals surface area contributed by atoms with E-state index < -0.39 is 0 Å². The van der Waals surface area contributed by atoms with Gasteiger partial charge in [-0.25, -0.2) is 0 Å². The second-order valence-corrected chi connectivity index (χ2v) is 5.37. The molecule has 0 aromatic heterocycles. The van der Waals surface area contributed by atoms with Gasteiger partial charge in [-0.15, -0.1) is 6.58 Å². The highest BCUT2D eigenvalue weighted by Gasteiger charge is 2.07. The Kier molecular flexibility index (Phi) is 8.19. The molecule has 0 fully saturated rings. The van der Waals surface area contributed by atoms with Crippen LogP contribution in [0.4, 0.5) is 0 Å². The smallest absolute Gasteiger partial charge is 0.0558 e. The van der Waals surface area contributed by atoms with E-state index in [1.54, 1.807) is 0 Å². The van der Waals surface area contributed by atoms with Gasteiger partial charge in [0.15, 0.2) is 0 Å². The Morgan fingerprint density at radius 2 is 2.00 bits per heavy atom. The third kappa shape index (κ3) is 6.33. The molecule has 1 rings (SSSR count). The van der Waals surface area contributed by atoms with Crippen LogP contribution in [0, 0.1) is 0 Å². The monoisotopic (exact) mass is 276 g/mol. The molecule has 0 heterocycles. The van der Waals surface area contributed by atoms with Gasteiger partial charge in [0.05, 0.1) is 6.61 Å². The summed E-state index contributed by atoms with van der Waals surface area (Å²) in [5, 5.41) is 12.6. The number of nitrogens with zero attached hydrogens (tertiary/aromatic N) is 1. The normalized spacial score (nSPS) is 11.2. The van der Waals surface area contributed by atoms with Crippen molar-refractivity contribution in [2.24, 2.45) is 0 Å². The Morgan fingerprint density at radius 3 is 2.60 bits per heavy atom. The van der Waals surface area contributed by atoms with E-state index in [4.69, 9.17) is 5.11 Å². The molecule has 3 nitrogen and oxygen atoms in total. The highest BCUT2D eigenvalue weighted by atomic mass is 16.3. The lowest BCUT2D eigenvalue weighted by Gasteiger charge is -2.21. The highest BCUT2D eigenvalue weighted by Crippen LogP contribution is 2.12. The highest BCUT2D eigenvalue weighted by molar-refractivity contribution is 5.27. The Bertz CT molecular complexity index is 390. The molecule has 112 valence electrons. The van der Waals surface area contributed by atoms with Crippen LogP contribution < -0.4 is 5.32 Å². The van der Waals surface area contributed by atoms with Gasteiger partial charge in [-0.1, -0.05) is 44.2 Å². The van der Waals surface area contributed by atoms with Crippen molar-refractivity contribution in [2.45, 2.75) is 32.9 Å². The van der Waals surface area contributed by atoms with Crippen LogP contribution in [-0.2, 0) is 13.0 Å². The van der Waals surface area contributed by atoms with Crippen molar-refractivity contribution in [1.82, 2.24) is 10.2 Å². The lowest BCUT2D eigenvalue weighted by molar-refractivity contribution is 0.203. The average molecular weight is 276 g/mol. The summed E-state index contributed by atoms with van der Waals surface area (Å²) in [4.78, 5) is 2.21. The van der Waals surface area contributed by atoms with Gasteiger partial charge in [0.25, 0.3) is 0 Å². The third-order valence-corrected chi connectivity index (χ3v) is 3.26. The minimum Gasteiger partial charge on any atom is -0.395 e. The number of benzene rings is 1. The van der Waals surface area contributed by atoms with Crippen LogP contribution in [0.25, 0.3) is 0 Å². The van der Waals surface area contributed by atoms with Crippen LogP contribution in [0.3, 0.4) is 0 Å². The van der Waals surface area contributed by atoms with Crippen LogP contribution in [0.5, 0.6) is 0 Å². The van der Waals surface area contributed by atoms with Gasteiger partial charge < -0.3 is 10.4 Å². The SMILES string of the molecule is C=CCN(CCO)Cc1ccccc1CCNC(C)C. The van der Waals surface area contributed by atoms with Crippen molar-refractivity contribution in [2.75, 3.05) is 26.2 Å². The molecule has 1 aromatic carbocycles. The van der Waals surface area contributed by atoms with E-state index in [-0.39, 0.29) is 6.61 Å². The zero-order chi connectivity index (χ0) is 14.8. The maximum absolute atomic E-state index is 9.13. The molecule has 20 heavy (non-hydrogen) atoms. The quantitative estimate of drug-likeness (QED) is 0.643. The maximum Gasteiger partial charge on any atom is 0.0558 e. The van der Waals surface area contributed by atoms with Crippen molar-refractivity contribution in [1.29, 1.82) is 0 Å². The fourth-order valence-electron chi connectivity index (χ4n) is 2.25. The van der Waals surface area contributed by atoms with E-state index in [9.17, 15) is 0 Å². The summed E-state index contributed by atoms with van der Waals surface area (Å²) >= 11 is 0. The predicted molar refractivity (Wildman–Crippen MR) is 85.8 cm³/mol. The zero-order valence-corrected chi connectivity index (χ0v) is 12.8. The number of hydrogen-bond acceptors (Lipinski definition) is 3. The first-order chi connectivity index (χ1) is 9.67. The summed E-state index contributed by atoms with van der Waals surface area (Å²) in [5.74, 6) is 0. The number of aliphatic hydroxyl groups is 1. The van der Waals surface area contributed by atoms with Gasteiger partial charge in [0, 0.05) is 25.7 Å². The molecule has 0 saturated carbocycles. The number of nitrogens with one attached hydrogen (secondary N) is 1. The van der Waals surface area contributed by atoms with E-state index >= 15 is 0 Å². The summed E-state index contributed by atoms with van der Waals surface area (Å²) in [6.07, 6.45) is 2.92. The first-order valence-corrected chi connectivity index (χ1v) is 7.41. The van der Waals surface area contributed by atoms with Gasteiger partial charge in [0.2, 0.25) is 0 Å². The fourth-order valence-corrected chi connectivity index (χ4v) is 2.25. The average Bonchev–Trinajstić information content (AvgIpc) is 2.41. The van der Waals surface area contributed by atoms with E-state index in [0.29, 0.717) is 12.6 Å². The maximum atomic E-state index is 9.13. The van der Waals surface area contributed by atoms with Crippen LogP contribution in [0.1, 0.15) is 25.0 Å². The predicted octanol–water partition coefficient (Wildman–Crippen LogP) is 2.21. The zero-order valence-electron chi connectivity index (χ0n) is 12.8. The summed E-state index contributed by atoms with van der Waals surface area (Å²) in [6.45, 7) is 11.7. The van der Waals surface area contributed by atoms with Crippen molar-refractivity contribution in [3.05, 3.63) is 48.0 Å². The molecule has 2 N–H and O–H groups in total. The minimum atomic E-state index is 0.185. The van der Waals surface area contributed by atoms with E-state index in [1.165, 1.54) is 11.1 Å². The van der Waals surface area contributed by atoms with Crippen LogP contribution in [0.2, 0.25) is 0 Å². The topological polar surface area (TPSA) is 35.5 Å². The van der Waals surface area contributed by atoms with Crippen LogP contribution >= 0.6 is 0 Å². The molecule has 0 radical (unpaired) electrons. The molecule has 3 heteroatoms. The third-order valence-electron chi connectivity index (χ3n) is 3.26. The molecule has 0 aliphatic heterocycles. The van der Waals surface area contributed by atoms with E-state index in [1.807, 2.05) is 6.08 Å². The van der Waals surface area contributed by atoms with Crippen molar-refractivity contribution >= 4 is 0 Å². The summed E-state index contributed by atoms with van der Waals surface area (Å²) in [7, 11) is 0. The molecule has 0 atom stereocenters. The largest absolute Gasteiger partial charge is 0.395 e. The molecule has 0 aliphatic carbocycles. The lowest BCUT2D eigenvalue weighted by atomic mass is 10.0. The fraction of sp³-hybridized carbons (Fsp3) is 0.529. The lowest BCUT2D eigenvalue weighted by Crippen LogP contribution is -2.28. The van der Waals surface area contributed by atoms with E-state index in [2.05, 4.69) is 54.9 Å². The standard InChI is InChI=1S/C17H28N2O/c1-4-11-19(12-13-20)14-17-8-6-5-7-16(17)9-10-18-15(2)3/h4-8,15,18,20H,1,9-14H2,2-3H3. The van der Waals surface area contributed by atoms with Gasteiger partial charge in [0.1, 0.15) is 0 Å².